The van der Waals surface area contributed by atoms with Gasteiger partial charge in [-0.3, -0.25) is 0 Å². The molecule has 1 rings (SSSR count). The topological polar surface area (TPSA) is 84.6 Å². The molecule has 0 aromatic carbocycles. The Morgan fingerprint density at radius 2 is 2.00 bits per heavy atom. The lowest BCUT2D eigenvalue weighted by Crippen LogP contribution is -2.29. The lowest BCUT2D eigenvalue weighted by Gasteiger charge is -2.18. The smallest absolute Gasteiger partial charge is 0.372 e. The highest BCUT2D eigenvalue weighted by Gasteiger charge is 2.31. The molecule has 0 amide bonds. The predicted molar refractivity (Wildman–Crippen MR) is 58.0 cm³/mol. The summed E-state index contributed by atoms with van der Waals surface area (Å²) in [7, 11) is -3.40. The number of hydrogen-bond donors (Lipinski definition) is 1. The Bertz CT molecular complexity index is 490. The van der Waals surface area contributed by atoms with E-state index in [1.165, 1.54) is 12.3 Å². The molecule has 0 fully saturated rings. The van der Waals surface area contributed by atoms with E-state index < -0.39 is 20.6 Å². The van der Waals surface area contributed by atoms with Gasteiger partial charge < -0.3 is 9.52 Å². The van der Waals surface area contributed by atoms with Gasteiger partial charge in [-0.2, -0.15) is 0 Å². The molecule has 0 spiro atoms. The monoisotopic (exact) mass is 246 g/mol. The molecular formula is C10H14O5S. The van der Waals surface area contributed by atoms with E-state index in [4.69, 9.17) is 9.52 Å². The Morgan fingerprint density at radius 1 is 1.44 bits per heavy atom. The van der Waals surface area contributed by atoms with Gasteiger partial charge in [0.2, 0.25) is 5.76 Å². The van der Waals surface area contributed by atoms with Gasteiger partial charge in [0.15, 0.2) is 9.84 Å². The van der Waals surface area contributed by atoms with E-state index in [0.29, 0.717) is 0 Å². The molecule has 0 unspecified atom stereocenters. The van der Waals surface area contributed by atoms with Crippen LogP contribution in [0.3, 0.4) is 0 Å². The number of carboxylic acid groups (broad SMARTS) is 1. The number of sulfone groups is 1. The minimum absolute atomic E-state index is 0.183. The fourth-order valence-corrected chi connectivity index (χ4v) is 2.13. The number of hydrogen-bond acceptors (Lipinski definition) is 4. The maximum absolute atomic E-state index is 11.9. The summed E-state index contributed by atoms with van der Waals surface area (Å²) in [6.07, 6.45) is 1.18. The zero-order valence-electron chi connectivity index (χ0n) is 9.35. The molecule has 1 N–H and O–H groups in total. The Labute approximate surface area is 94.0 Å². The molecule has 0 saturated carbocycles. The van der Waals surface area contributed by atoms with E-state index in [0.717, 1.165) is 0 Å². The molecular weight excluding hydrogens is 232 g/mol. The number of aromatic carboxylic acids is 1. The number of carboxylic acids is 1. The quantitative estimate of drug-likeness (QED) is 0.877. The fourth-order valence-electron chi connectivity index (χ4n) is 1.06. The van der Waals surface area contributed by atoms with Crippen LogP contribution < -0.4 is 0 Å². The molecule has 5 nitrogen and oxygen atoms in total. The van der Waals surface area contributed by atoms with Crippen molar-refractivity contribution >= 4 is 15.8 Å². The molecule has 90 valence electrons. The molecule has 1 heterocycles. The SMILES string of the molecule is CC(C)(C)S(=O)(=O)Cc1ccoc1C(=O)O. The molecule has 0 aliphatic carbocycles. The highest BCUT2D eigenvalue weighted by molar-refractivity contribution is 7.91. The van der Waals surface area contributed by atoms with Crippen LogP contribution in [-0.4, -0.2) is 24.2 Å². The zero-order chi connectivity index (χ0) is 12.6. The largest absolute Gasteiger partial charge is 0.475 e. The fraction of sp³-hybridized carbons (Fsp3) is 0.500. The summed E-state index contributed by atoms with van der Waals surface area (Å²) in [6.45, 7) is 4.72. The van der Waals surface area contributed by atoms with Gasteiger partial charge in [-0.1, -0.05) is 0 Å². The maximum atomic E-state index is 11.9. The molecule has 6 heteroatoms. The Balaban J connectivity index is 3.07. The third-order valence-electron chi connectivity index (χ3n) is 2.22. The van der Waals surface area contributed by atoms with Crippen LogP contribution in [0.5, 0.6) is 0 Å². The van der Waals surface area contributed by atoms with E-state index in [1.54, 1.807) is 20.8 Å². The third kappa shape index (κ3) is 2.44. The predicted octanol–water partition coefficient (Wildman–Crippen LogP) is 1.69. The van der Waals surface area contributed by atoms with Crippen molar-refractivity contribution in [3.05, 3.63) is 23.7 Å². The molecule has 1 aromatic rings. The number of carbonyl (C=O) groups is 1. The Morgan fingerprint density at radius 3 is 2.44 bits per heavy atom. The van der Waals surface area contributed by atoms with E-state index >= 15 is 0 Å². The molecule has 0 radical (unpaired) electrons. The van der Waals surface area contributed by atoms with Gasteiger partial charge in [0.05, 0.1) is 16.8 Å². The summed E-state index contributed by atoms with van der Waals surface area (Å²) in [5.41, 5.74) is 0.183. The van der Waals surface area contributed by atoms with Crippen molar-refractivity contribution in [3.8, 4) is 0 Å². The van der Waals surface area contributed by atoms with E-state index in [9.17, 15) is 13.2 Å². The van der Waals surface area contributed by atoms with Gasteiger partial charge in [0.1, 0.15) is 0 Å². The summed E-state index contributed by atoms with van der Waals surface area (Å²) in [6, 6.07) is 1.37. The first-order chi connectivity index (χ1) is 7.15. The van der Waals surface area contributed by atoms with Crippen molar-refractivity contribution < 1.29 is 22.7 Å². The summed E-state index contributed by atoms with van der Waals surface area (Å²) >= 11 is 0. The average Bonchev–Trinajstić information content (AvgIpc) is 2.49. The molecule has 0 saturated heterocycles. The summed E-state index contributed by atoms with van der Waals surface area (Å²) in [4.78, 5) is 10.7. The van der Waals surface area contributed by atoms with Crippen LogP contribution in [0.15, 0.2) is 16.7 Å². The van der Waals surface area contributed by atoms with E-state index in [2.05, 4.69) is 0 Å². The minimum Gasteiger partial charge on any atom is -0.475 e. The Kier molecular flexibility index (Phi) is 3.14. The first-order valence-electron chi connectivity index (χ1n) is 4.67. The van der Waals surface area contributed by atoms with Crippen LogP contribution in [-0.2, 0) is 15.6 Å². The lowest BCUT2D eigenvalue weighted by molar-refractivity contribution is 0.0661. The molecule has 0 aliphatic rings. The van der Waals surface area contributed by atoms with Gasteiger partial charge in [-0.25, -0.2) is 13.2 Å². The molecule has 0 bridgehead atoms. The second-order valence-corrected chi connectivity index (χ2v) is 7.19. The highest BCUT2D eigenvalue weighted by Crippen LogP contribution is 2.22. The van der Waals surface area contributed by atoms with Crippen LogP contribution in [0.1, 0.15) is 36.9 Å². The van der Waals surface area contributed by atoms with Crippen molar-refractivity contribution in [1.29, 1.82) is 0 Å². The van der Waals surface area contributed by atoms with Gasteiger partial charge in [-0.15, -0.1) is 0 Å². The second kappa shape index (κ2) is 3.93. The summed E-state index contributed by atoms with van der Waals surface area (Å²) in [5, 5.41) is 8.77. The van der Waals surface area contributed by atoms with Crippen molar-refractivity contribution in [2.75, 3.05) is 0 Å². The third-order valence-corrected chi connectivity index (χ3v) is 4.78. The van der Waals surface area contributed by atoms with Crippen molar-refractivity contribution in [3.63, 3.8) is 0 Å². The van der Waals surface area contributed by atoms with Gasteiger partial charge in [0, 0.05) is 5.56 Å². The minimum atomic E-state index is -3.40. The first kappa shape index (κ1) is 12.8. The van der Waals surface area contributed by atoms with Gasteiger partial charge >= 0.3 is 5.97 Å². The maximum Gasteiger partial charge on any atom is 0.372 e. The number of furan rings is 1. The second-order valence-electron chi connectivity index (χ2n) is 4.45. The zero-order valence-corrected chi connectivity index (χ0v) is 10.2. The molecule has 0 atom stereocenters. The first-order valence-corrected chi connectivity index (χ1v) is 6.32. The van der Waals surface area contributed by atoms with Gasteiger partial charge in [-0.05, 0) is 26.8 Å². The number of rotatable bonds is 3. The molecule has 0 aliphatic heterocycles. The standard InChI is InChI=1S/C10H14O5S/c1-10(2,3)16(13,14)6-7-4-5-15-8(7)9(11)12/h4-5H,6H2,1-3H3,(H,11,12). The van der Waals surface area contributed by atoms with Crippen molar-refractivity contribution in [2.24, 2.45) is 0 Å². The van der Waals surface area contributed by atoms with Crippen LogP contribution in [0.4, 0.5) is 0 Å². The van der Waals surface area contributed by atoms with Crippen molar-refractivity contribution in [1.82, 2.24) is 0 Å². The summed E-state index contributed by atoms with van der Waals surface area (Å²) < 4.78 is 27.5. The van der Waals surface area contributed by atoms with E-state index in [1.807, 2.05) is 0 Å². The average molecular weight is 246 g/mol. The lowest BCUT2D eigenvalue weighted by atomic mass is 10.2. The Hall–Kier alpha value is -1.30. The normalized spacial score (nSPS) is 12.7. The van der Waals surface area contributed by atoms with Gasteiger partial charge in [0.25, 0.3) is 0 Å². The highest BCUT2D eigenvalue weighted by atomic mass is 32.2. The van der Waals surface area contributed by atoms with Crippen LogP contribution >= 0.6 is 0 Å². The molecule has 1 aromatic heterocycles. The van der Waals surface area contributed by atoms with Crippen LogP contribution in [0, 0.1) is 0 Å². The van der Waals surface area contributed by atoms with Crippen LogP contribution in [0.25, 0.3) is 0 Å². The van der Waals surface area contributed by atoms with E-state index in [-0.39, 0.29) is 17.1 Å². The molecule has 16 heavy (non-hydrogen) atoms. The van der Waals surface area contributed by atoms with Crippen LogP contribution in [0.2, 0.25) is 0 Å². The van der Waals surface area contributed by atoms with Crippen molar-refractivity contribution in [2.45, 2.75) is 31.3 Å². The summed E-state index contributed by atoms with van der Waals surface area (Å²) in [5.74, 6) is -1.90.